The Morgan fingerprint density at radius 2 is 1.48 bits per heavy atom. The molecule has 2 aromatic heterocycles. The number of carbonyl (C=O) groups excluding carboxylic acids is 2. The van der Waals surface area contributed by atoms with Crippen LogP contribution in [0.2, 0.25) is 5.02 Å². The second-order valence-corrected chi connectivity index (χ2v) is 16.0. The quantitative estimate of drug-likeness (QED) is 0.0976. The van der Waals surface area contributed by atoms with Gasteiger partial charge in [-0.1, -0.05) is 103 Å². The van der Waals surface area contributed by atoms with Crippen molar-refractivity contribution in [1.29, 1.82) is 0 Å². The molecule has 1 aliphatic heterocycles. The van der Waals surface area contributed by atoms with Crippen molar-refractivity contribution in [2.24, 2.45) is 0 Å². The van der Waals surface area contributed by atoms with Crippen LogP contribution in [0, 0.1) is 0 Å². The first-order chi connectivity index (χ1) is 28.7. The number of phosphoric ester groups is 1. The number of pyridine rings is 1. The number of halogens is 4. The molecule has 0 saturated carbocycles. The fourth-order valence-electron chi connectivity index (χ4n) is 7.51. The van der Waals surface area contributed by atoms with E-state index in [0.29, 0.717) is 28.2 Å². The maximum absolute atomic E-state index is 14.8. The summed E-state index contributed by atoms with van der Waals surface area (Å²) in [6.45, 7) is -0.317. The van der Waals surface area contributed by atoms with Gasteiger partial charge in [-0.25, -0.2) is 9.55 Å². The molecule has 12 nitrogen and oxygen atoms in total. The number of aromatic nitrogens is 3. The van der Waals surface area contributed by atoms with Crippen LogP contribution in [0.3, 0.4) is 0 Å². The van der Waals surface area contributed by atoms with Gasteiger partial charge < -0.3 is 24.7 Å². The summed E-state index contributed by atoms with van der Waals surface area (Å²) < 4.78 is 67.8. The van der Waals surface area contributed by atoms with Crippen LogP contribution in [-0.4, -0.2) is 72.8 Å². The lowest BCUT2D eigenvalue weighted by Crippen LogP contribution is -2.51. The smallest absolute Gasteiger partial charge is 0.470 e. The Morgan fingerprint density at radius 3 is 2.10 bits per heavy atom. The van der Waals surface area contributed by atoms with E-state index in [4.69, 9.17) is 20.9 Å². The summed E-state index contributed by atoms with van der Waals surface area (Å²) in [7, 11) is -5.19. The molecule has 0 bridgehead atoms. The van der Waals surface area contributed by atoms with E-state index in [1.807, 2.05) is 12.1 Å². The summed E-state index contributed by atoms with van der Waals surface area (Å²) in [5.41, 5.74) is -0.694. The van der Waals surface area contributed by atoms with Crippen LogP contribution < -0.4 is 10.1 Å². The number of carbonyl (C=O) groups is 2. The summed E-state index contributed by atoms with van der Waals surface area (Å²) in [4.78, 5) is 61.8. The number of amides is 2. The van der Waals surface area contributed by atoms with Gasteiger partial charge in [-0.15, -0.1) is 0 Å². The summed E-state index contributed by atoms with van der Waals surface area (Å²) in [5.74, 6) is -2.44. The molecule has 1 fully saturated rings. The highest BCUT2D eigenvalue weighted by molar-refractivity contribution is 7.46. The SMILES string of the molecule is O=C(N[C@@H]1CCN(C(=O)c2cc(Cl)c3nccnc3c2)C[C@@H]1c1ccccc1)c1cnc(OCC(Cc2ccccc2)(Cc2ccccc2)OP(=O)(O)O)cc1C(F)(F)F. The zero-order valence-electron chi connectivity index (χ0n) is 31.7. The zero-order chi connectivity index (χ0) is 42.5. The Balaban J connectivity index is 1.13. The summed E-state index contributed by atoms with van der Waals surface area (Å²) in [6, 6.07) is 29.3. The molecule has 6 aromatic rings. The lowest BCUT2D eigenvalue weighted by molar-refractivity contribution is -0.138. The molecule has 1 aliphatic rings. The van der Waals surface area contributed by atoms with E-state index in [0.717, 1.165) is 11.8 Å². The highest BCUT2D eigenvalue weighted by Crippen LogP contribution is 2.44. The van der Waals surface area contributed by atoms with Gasteiger partial charge in [-0.05, 0) is 35.2 Å². The molecule has 0 aliphatic carbocycles. The van der Waals surface area contributed by atoms with Crippen molar-refractivity contribution in [3.05, 3.63) is 166 Å². The third-order valence-corrected chi connectivity index (χ3v) is 11.1. The van der Waals surface area contributed by atoms with Crippen molar-refractivity contribution < 1.29 is 46.4 Å². The molecule has 1 saturated heterocycles. The third kappa shape index (κ3) is 10.4. The van der Waals surface area contributed by atoms with E-state index < -0.39 is 61.1 Å². The van der Waals surface area contributed by atoms with Gasteiger partial charge in [0.2, 0.25) is 5.88 Å². The van der Waals surface area contributed by atoms with Gasteiger partial charge in [0.1, 0.15) is 17.7 Å². The number of nitrogens with one attached hydrogen (secondary N) is 1. The molecular formula is C43H38ClF3N5O7P. The van der Waals surface area contributed by atoms with Gasteiger partial charge in [0, 0.05) is 68.1 Å². The molecule has 0 spiro atoms. The zero-order valence-corrected chi connectivity index (χ0v) is 33.4. The molecule has 2 atom stereocenters. The number of phosphoric acid groups is 1. The van der Waals surface area contributed by atoms with Crippen molar-refractivity contribution in [2.75, 3.05) is 19.7 Å². The second-order valence-electron chi connectivity index (χ2n) is 14.5. The standard InChI is InChI=1S/C43H38ClF3N5O7P/c44-35-20-31(21-37-39(35)49-18-17-48-37)41(54)52-19-16-36(33(26-52)30-14-8-3-9-15-30)51-40(53)32-25-50-38(22-34(32)43(45,46)47)58-27-42(59-60(55,56)57,23-28-10-4-1-5-11-28)24-29-12-6-2-7-13-29/h1-15,17-18,20-22,25,33,36H,16,19,23-24,26-27H2,(H,51,53)(H2,55,56,57)/t33-,36-/m1/s1. The lowest BCUT2D eigenvalue weighted by Gasteiger charge is -2.39. The Morgan fingerprint density at radius 1 is 0.867 bits per heavy atom. The van der Waals surface area contributed by atoms with E-state index in [1.165, 1.54) is 18.5 Å². The van der Waals surface area contributed by atoms with E-state index in [9.17, 15) is 37.1 Å². The molecule has 0 radical (unpaired) electrons. The largest absolute Gasteiger partial charge is 0.475 e. The van der Waals surface area contributed by atoms with Crippen LogP contribution in [0.4, 0.5) is 13.2 Å². The van der Waals surface area contributed by atoms with Crippen LogP contribution >= 0.6 is 19.4 Å². The van der Waals surface area contributed by atoms with E-state index in [2.05, 4.69) is 20.3 Å². The maximum Gasteiger partial charge on any atom is 0.470 e. The number of alkyl halides is 3. The van der Waals surface area contributed by atoms with Crippen molar-refractivity contribution in [3.8, 4) is 5.88 Å². The van der Waals surface area contributed by atoms with E-state index in [-0.39, 0.29) is 48.8 Å². The minimum atomic E-state index is -5.19. The summed E-state index contributed by atoms with van der Waals surface area (Å²) in [5, 5.41) is 3.04. The maximum atomic E-state index is 14.8. The second kappa shape index (κ2) is 17.9. The van der Waals surface area contributed by atoms with Crippen LogP contribution in [0.5, 0.6) is 5.88 Å². The van der Waals surface area contributed by atoms with E-state index in [1.54, 1.807) is 89.8 Å². The van der Waals surface area contributed by atoms with E-state index >= 15 is 0 Å². The molecule has 4 aromatic carbocycles. The number of likely N-dealkylation sites (tertiary alicyclic amines) is 1. The molecule has 0 unspecified atom stereocenters. The molecule has 3 heterocycles. The molecule has 60 heavy (non-hydrogen) atoms. The lowest BCUT2D eigenvalue weighted by atomic mass is 9.85. The number of fused-ring (bicyclic) bond motifs is 1. The predicted octanol–water partition coefficient (Wildman–Crippen LogP) is 7.84. The van der Waals surface area contributed by atoms with Crippen LogP contribution in [-0.2, 0) is 28.1 Å². The number of benzene rings is 4. The molecule has 17 heteroatoms. The highest BCUT2D eigenvalue weighted by Gasteiger charge is 2.42. The van der Waals surface area contributed by atoms with Crippen molar-refractivity contribution in [1.82, 2.24) is 25.2 Å². The predicted molar refractivity (Wildman–Crippen MR) is 216 cm³/mol. The van der Waals surface area contributed by atoms with Crippen molar-refractivity contribution in [2.45, 2.75) is 43.0 Å². The van der Waals surface area contributed by atoms with Crippen LogP contribution in [0.1, 0.15) is 55.3 Å². The van der Waals surface area contributed by atoms with Crippen molar-refractivity contribution >= 4 is 42.3 Å². The van der Waals surface area contributed by atoms with Crippen LogP contribution in [0.25, 0.3) is 11.0 Å². The monoisotopic (exact) mass is 859 g/mol. The molecule has 310 valence electrons. The number of rotatable bonds is 13. The number of nitrogens with zero attached hydrogens (tertiary/aromatic N) is 4. The van der Waals surface area contributed by atoms with Gasteiger partial charge in [-0.3, -0.25) is 24.1 Å². The number of hydrogen-bond acceptors (Lipinski definition) is 8. The minimum absolute atomic E-state index is 0.0852. The first-order valence-electron chi connectivity index (χ1n) is 18.8. The average molecular weight is 860 g/mol. The van der Waals surface area contributed by atoms with Gasteiger partial charge in [-0.2, -0.15) is 13.2 Å². The van der Waals surface area contributed by atoms with Gasteiger partial charge in [0.25, 0.3) is 11.8 Å². The normalized spacial score (nSPS) is 16.1. The van der Waals surface area contributed by atoms with Gasteiger partial charge in [0.15, 0.2) is 0 Å². The molecule has 7 rings (SSSR count). The Bertz CT molecular complexity index is 2480. The number of piperidine rings is 1. The average Bonchev–Trinajstić information content (AvgIpc) is 3.23. The Kier molecular flexibility index (Phi) is 12.6. The molecule has 2 amide bonds. The van der Waals surface area contributed by atoms with Crippen LogP contribution in [0.15, 0.2) is 128 Å². The fourth-order valence-corrected chi connectivity index (χ4v) is 8.46. The summed E-state index contributed by atoms with van der Waals surface area (Å²) in [6.07, 6.45) is -1.26. The number of hydrogen-bond donors (Lipinski definition) is 3. The fraction of sp³-hybridized carbons (Fsp3) is 0.233. The third-order valence-electron chi connectivity index (χ3n) is 10.2. The Hall–Kier alpha value is -5.70. The summed E-state index contributed by atoms with van der Waals surface area (Å²) >= 11 is 6.44. The van der Waals surface area contributed by atoms with Gasteiger partial charge >= 0.3 is 14.0 Å². The topological polar surface area (TPSA) is 164 Å². The van der Waals surface area contributed by atoms with Crippen molar-refractivity contribution in [3.63, 3.8) is 0 Å². The molecular weight excluding hydrogens is 822 g/mol. The molecule has 3 N–H and O–H groups in total. The highest BCUT2D eigenvalue weighted by atomic mass is 35.5. The minimum Gasteiger partial charge on any atom is -0.475 e. The Labute approximate surface area is 347 Å². The first-order valence-corrected chi connectivity index (χ1v) is 20.7. The first kappa shape index (κ1) is 42.4. The van der Waals surface area contributed by atoms with Gasteiger partial charge in [0.05, 0.1) is 21.7 Å². The number of ether oxygens (including phenoxy) is 1.